The maximum atomic E-state index is 12.1. The lowest BCUT2D eigenvalue weighted by molar-refractivity contribution is -0.127. The van der Waals surface area contributed by atoms with Crippen LogP contribution in [0.4, 0.5) is 0 Å². The average molecular weight is 337 g/mol. The van der Waals surface area contributed by atoms with E-state index in [0.29, 0.717) is 6.54 Å². The number of aryl methyl sites for hydroxylation is 2. The predicted molar refractivity (Wildman–Crippen MR) is 89.1 cm³/mol. The van der Waals surface area contributed by atoms with Crippen molar-refractivity contribution in [3.63, 3.8) is 0 Å². The van der Waals surface area contributed by atoms with Crippen LogP contribution in [0.1, 0.15) is 44.3 Å². The van der Waals surface area contributed by atoms with E-state index in [1.807, 2.05) is 13.1 Å². The molecule has 1 heterocycles. The number of hydrogen-bond acceptors (Lipinski definition) is 3. The molecule has 0 aromatic carbocycles. The van der Waals surface area contributed by atoms with E-state index in [4.69, 9.17) is 5.73 Å². The summed E-state index contributed by atoms with van der Waals surface area (Å²) in [7, 11) is 0. The normalized spacial score (nSPS) is 16.5. The van der Waals surface area contributed by atoms with E-state index < -0.39 is 5.54 Å². The van der Waals surface area contributed by atoms with Gasteiger partial charge in [0.1, 0.15) is 5.82 Å². The summed E-state index contributed by atoms with van der Waals surface area (Å²) in [6.45, 7) is 3.54. The summed E-state index contributed by atoms with van der Waals surface area (Å²) in [6, 6.07) is 0. The van der Waals surface area contributed by atoms with Crippen molar-refractivity contribution in [2.75, 3.05) is 6.54 Å². The first-order valence-corrected chi connectivity index (χ1v) is 7.17. The Hall–Kier alpha value is -0.780. The van der Waals surface area contributed by atoms with Crippen LogP contribution in [0.2, 0.25) is 0 Å². The highest BCUT2D eigenvalue weighted by atomic mass is 35.5. The first-order chi connectivity index (χ1) is 9.12. The fourth-order valence-corrected chi connectivity index (χ4v) is 2.68. The van der Waals surface area contributed by atoms with E-state index in [0.717, 1.165) is 44.5 Å². The molecule has 5 nitrogen and oxygen atoms in total. The van der Waals surface area contributed by atoms with E-state index in [1.165, 1.54) is 6.42 Å². The van der Waals surface area contributed by atoms with Crippen LogP contribution in [-0.4, -0.2) is 27.5 Å². The van der Waals surface area contributed by atoms with Crippen molar-refractivity contribution < 1.29 is 4.79 Å². The molecule has 0 atom stereocenters. The van der Waals surface area contributed by atoms with E-state index >= 15 is 0 Å². The van der Waals surface area contributed by atoms with Gasteiger partial charge >= 0.3 is 0 Å². The number of nitrogens with zero attached hydrogens (tertiary/aromatic N) is 2. The summed E-state index contributed by atoms with van der Waals surface area (Å²) >= 11 is 0. The Labute approximate surface area is 138 Å². The van der Waals surface area contributed by atoms with Crippen LogP contribution < -0.4 is 11.1 Å². The van der Waals surface area contributed by atoms with Crippen LogP contribution in [0.5, 0.6) is 0 Å². The quantitative estimate of drug-likeness (QED) is 0.809. The number of aromatic nitrogens is 2. The van der Waals surface area contributed by atoms with Gasteiger partial charge in [0, 0.05) is 25.5 Å². The van der Waals surface area contributed by atoms with E-state index in [9.17, 15) is 4.79 Å². The monoisotopic (exact) mass is 336 g/mol. The fourth-order valence-electron chi connectivity index (χ4n) is 2.68. The Morgan fingerprint density at radius 2 is 2.05 bits per heavy atom. The summed E-state index contributed by atoms with van der Waals surface area (Å²) in [5.41, 5.74) is 5.55. The number of imidazole rings is 1. The van der Waals surface area contributed by atoms with Gasteiger partial charge in [-0.05, 0) is 26.2 Å². The van der Waals surface area contributed by atoms with Gasteiger partial charge in [-0.25, -0.2) is 4.98 Å². The summed E-state index contributed by atoms with van der Waals surface area (Å²) in [5.74, 6) is 1.03. The highest BCUT2D eigenvalue weighted by molar-refractivity contribution is 5.86. The van der Waals surface area contributed by atoms with Gasteiger partial charge in [0.2, 0.25) is 5.91 Å². The SMILES string of the molecule is Cc1nccn1CCCNC(=O)C1(N)CCCCC1.Cl.Cl. The van der Waals surface area contributed by atoms with Crippen LogP contribution in [0.3, 0.4) is 0 Å². The highest BCUT2D eigenvalue weighted by Gasteiger charge is 2.34. The second kappa shape index (κ2) is 9.28. The smallest absolute Gasteiger partial charge is 0.240 e. The van der Waals surface area contributed by atoms with E-state index in [1.54, 1.807) is 6.20 Å². The second-order valence-electron chi connectivity index (χ2n) is 5.49. The third kappa shape index (κ3) is 5.49. The van der Waals surface area contributed by atoms with Crippen LogP contribution in [0.15, 0.2) is 12.4 Å². The van der Waals surface area contributed by atoms with Gasteiger partial charge in [0.05, 0.1) is 5.54 Å². The molecule has 122 valence electrons. The lowest BCUT2D eigenvalue weighted by atomic mass is 9.82. The van der Waals surface area contributed by atoms with Crippen molar-refractivity contribution >= 4 is 30.7 Å². The Morgan fingerprint density at radius 1 is 1.38 bits per heavy atom. The topological polar surface area (TPSA) is 72.9 Å². The predicted octanol–water partition coefficient (Wildman–Crippen LogP) is 2.20. The third-order valence-corrected chi connectivity index (χ3v) is 3.98. The molecule has 7 heteroatoms. The molecule has 1 aliphatic rings. The molecule has 1 saturated carbocycles. The lowest BCUT2D eigenvalue weighted by Crippen LogP contribution is -2.55. The molecule has 1 amide bonds. The van der Waals surface area contributed by atoms with Crippen molar-refractivity contribution in [1.82, 2.24) is 14.9 Å². The number of carbonyl (C=O) groups excluding carboxylic acids is 1. The maximum absolute atomic E-state index is 12.1. The molecule has 2 rings (SSSR count). The van der Waals surface area contributed by atoms with Crippen molar-refractivity contribution in [2.45, 2.75) is 57.5 Å². The molecule has 3 N–H and O–H groups in total. The van der Waals surface area contributed by atoms with Crippen LogP contribution in [0, 0.1) is 6.92 Å². The zero-order valence-electron chi connectivity index (χ0n) is 12.5. The van der Waals surface area contributed by atoms with Crippen LogP contribution in [0.25, 0.3) is 0 Å². The molecule has 21 heavy (non-hydrogen) atoms. The molecule has 0 spiro atoms. The lowest BCUT2D eigenvalue weighted by Gasteiger charge is -2.31. The average Bonchev–Trinajstić information content (AvgIpc) is 2.81. The molecular weight excluding hydrogens is 311 g/mol. The molecule has 0 unspecified atom stereocenters. The van der Waals surface area contributed by atoms with Gasteiger partial charge in [0.25, 0.3) is 0 Å². The minimum Gasteiger partial charge on any atom is -0.354 e. The summed E-state index contributed by atoms with van der Waals surface area (Å²) < 4.78 is 2.09. The Morgan fingerprint density at radius 3 is 2.62 bits per heavy atom. The molecule has 1 aliphatic carbocycles. The summed E-state index contributed by atoms with van der Waals surface area (Å²) in [4.78, 5) is 16.3. The molecule has 1 fully saturated rings. The van der Waals surface area contributed by atoms with E-state index in [-0.39, 0.29) is 30.7 Å². The van der Waals surface area contributed by atoms with Crippen LogP contribution >= 0.6 is 24.8 Å². The summed E-state index contributed by atoms with van der Waals surface area (Å²) in [6.07, 6.45) is 9.63. The zero-order valence-corrected chi connectivity index (χ0v) is 14.1. The van der Waals surface area contributed by atoms with Crippen molar-refractivity contribution in [3.8, 4) is 0 Å². The molecule has 0 bridgehead atoms. The number of nitrogens with one attached hydrogen (secondary N) is 1. The highest BCUT2D eigenvalue weighted by Crippen LogP contribution is 2.25. The number of nitrogens with two attached hydrogens (primary N) is 1. The van der Waals surface area contributed by atoms with Gasteiger partial charge in [-0.2, -0.15) is 0 Å². The standard InChI is InChI=1S/C14H24N4O.2ClH/c1-12-16-9-11-18(12)10-5-8-17-13(19)14(15)6-3-2-4-7-14;;/h9,11H,2-8,10,15H2,1H3,(H,17,19);2*1H. The number of amides is 1. The number of rotatable bonds is 5. The Balaban J connectivity index is 0.00000200. The van der Waals surface area contributed by atoms with Gasteiger partial charge in [-0.1, -0.05) is 19.3 Å². The molecule has 1 aromatic rings. The molecular formula is C14H26Cl2N4O. The zero-order chi connectivity index (χ0) is 13.7. The van der Waals surface area contributed by atoms with Gasteiger partial charge in [-0.15, -0.1) is 24.8 Å². The molecule has 0 aliphatic heterocycles. The summed E-state index contributed by atoms with van der Waals surface area (Å²) in [5, 5.41) is 2.98. The second-order valence-corrected chi connectivity index (χ2v) is 5.49. The number of hydrogen-bond donors (Lipinski definition) is 2. The number of carbonyl (C=O) groups is 1. The molecule has 0 saturated heterocycles. The van der Waals surface area contributed by atoms with Crippen molar-refractivity contribution in [3.05, 3.63) is 18.2 Å². The van der Waals surface area contributed by atoms with Crippen molar-refractivity contribution in [1.29, 1.82) is 0 Å². The Kier molecular flexibility index (Phi) is 8.94. The first-order valence-electron chi connectivity index (χ1n) is 7.17. The minimum atomic E-state index is -0.622. The Bertz CT molecular complexity index is 430. The van der Waals surface area contributed by atoms with Crippen LogP contribution in [-0.2, 0) is 11.3 Å². The van der Waals surface area contributed by atoms with E-state index in [2.05, 4.69) is 14.9 Å². The maximum Gasteiger partial charge on any atom is 0.240 e. The minimum absolute atomic E-state index is 0. The van der Waals surface area contributed by atoms with Gasteiger partial charge in [0.15, 0.2) is 0 Å². The van der Waals surface area contributed by atoms with Gasteiger partial charge < -0.3 is 15.6 Å². The largest absolute Gasteiger partial charge is 0.354 e. The molecule has 0 radical (unpaired) electrons. The molecule has 1 aromatic heterocycles. The fraction of sp³-hybridized carbons (Fsp3) is 0.714. The van der Waals surface area contributed by atoms with Gasteiger partial charge in [-0.3, -0.25) is 4.79 Å². The third-order valence-electron chi connectivity index (χ3n) is 3.98. The number of halogens is 2. The first kappa shape index (κ1) is 20.2. The van der Waals surface area contributed by atoms with Crippen molar-refractivity contribution in [2.24, 2.45) is 5.73 Å².